The third-order valence-corrected chi connectivity index (χ3v) is 3.91. The fourth-order valence-electron chi connectivity index (χ4n) is 2.30. The largest absolute Gasteiger partial charge is 0.315 e. The highest BCUT2D eigenvalue weighted by Gasteiger charge is 2.24. The van der Waals surface area contributed by atoms with Crippen molar-refractivity contribution < 1.29 is 0 Å². The van der Waals surface area contributed by atoms with Crippen molar-refractivity contribution >= 4 is 11.3 Å². The Labute approximate surface area is 102 Å². The number of nitrogens with one attached hydrogen (secondary N) is 1. The van der Waals surface area contributed by atoms with Crippen molar-refractivity contribution in [3.8, 4) is 0 Å². The molecule has 1 aliphatic heterocycles. The maximum absolute atomic E-state index is 4.14. The van der Waals surface area contributed by atoms with Gasteiger partial charge in [0, 0.05) is 30.2 Å². The Morgan fingerprint density at radius 3 is 3.31 bits per heavy atom. The lowest BCUT2D eigenvalue weighted by Crippen LogP contribution is -2.37. The molecule has 4 heteroatoms. The lowest BCUT2D eigenvalue weighted by molar-refractivity contribution is 0.241. The third kappa shape index (κ3) is 3.27. The van der Waals surface area contributed by atoms with Gasteiger partial charge < -0.3 is 5.32 Å². The van der Waals surface area contributed by atoms with Gasteiger partial charge in [0.05, 0.1) is 5.51 Å². The van der Waals surface area contributed by atoms with Crippen molar-refractivity contribution in [1.29, 1.82) is 0 Å². The number of hydrogen-bond acceptors (Lipinski definition) is 4. The molecule has 2 rings (SSSR count). The molecule has 3 nitrogen and oxygen atoms in total. The minimum absolute atomic E-state index is 0.730. The van der Waals surface area contributed by atoms with Crippen molar-refractivity contribution in [2.24, 2.45) is 0 Å². The lowest BCUT2D eigenvalue weighted by atomic mass is 10.2. The van der Waals surface area contributed by atoms with Gasteiger partial charge in [-0.25, -0.2) is 0 Å². The molecule has 1 saturated heterocycles. The topological polar surface area (TPSA) is 28.2 Å². The number of aromatic nitrogens is 1. The summed E-state index contributed by atoms with van der Waals surface area (Å²) in [7, 11) is 0. The van der Waals surface area contributed by atoms with Gasteiger partial charge in [0.15, 0.2) is 0 Å². The van der Waals surface area contributed by atoms with E-state index in [9.17, 15) is 0 Å². The van der Waals surface area contributed by atoms with Crippen LogP contribution < -0.4 is 5.32 Å². The fourth-order valence-corrected chi connectivity index (χ4v) is 2.92. The summed E-state index contributed by atoms with van der Waals surface area (Å²) >= 11 is 1.77. The number of thiazole rings is 1. The average Bonchev–Trinajstić information content (AvgIpc) is 2.92. The van der Waals surface area contributed by atoms with E-state index in [1.54, 1.807) is 11.3 Å². The van der Waals surface area contributed by atoms with Gasteiger partial charge in [0.1, 0.15) is 0 Å². The molecule has 0 radical (unpaired) electrons. The molecule has 1 atom stereocenters. The highest BCUT2D eigenvalue weighted by atomic mass is 32.1. The summed E-state index contributed by atoms with van der Waals surface area (Å²) in [5.74, 6) is 0. The molecule has 0 amide bonds. The second-order valence-corrected chi connectivity index (χ2v) is 5.41. The van der Waals surface area contributed by atoms with Gasteiger partial charge in [-0.15, -0.1) is 11.3 Å². The molecule has 1 fully saturated rings. The Hall–Kier alpha value is -0.450. The molecule has 0 bridgehead atoms. The van der Waals surface area contributed by atoms with E-state index in [1.165, 1.54) is 30.7 Å². The van der Waals surface area contributed by atoms with Crippen molar-refractivity contribution in [3.05, 3.63) is 16.6 Å². The molecule has 2 heterocycles. The zero-order chi connectivity index (χ0) is 11.2. The molecule has 16 heavy (non-hydrogen) atoms. The van der Waals surface area contributed by atoms with E-state index in [4.69, 9.17) is 0 Å². The minimum Gasteiger partial charge on any atom is -0.315 e. The molecule has 0 aliphatic carbocycles. The van der Waals surface area contributed by atoms with E-state index in [-0.39, 0.29) is 0 Å². The lowest BCUT2D eigenvalue weighted by Gasteiger charge is -2.23. The molecule has 1 aliphatic rings. The molecule has 1 unspecified atom stereocenters. The van der Waals surface area contributed by atoms with Crippen LogP contribution >= 0.6 is 11.3 Å². The monoisotopic (exact) mass is 239 g/mol. The Morgan fingerprint density at radius 2 is 2.56 bits per heavy atom. The van der Waals surface area contributed by atoms with Gasteiger partial charge in [-0.05, 0) is 32.4 Å². The van der Waals surface area contributed by atoms with Crippen LogP contribution in [0.1, 0.15) is 31.1 Å². The van der Waals surface area contributed by atoms with E-state index in [2.05, 4.69) is 22.1 Å². The summed E-state index contributed by atoms with van der Waals surface area (Å²) in [5.41, 5.74) is 1.93. The van der Waals surface area contributed by atoms with Crippen LogP contribution in [0.5, 0.6) is 0 Å². The Balaban J connectivity index is 1.79. The van der Waals surface area contributed by atoms with Gasteiger partial charge in [-0.1, -0.05) is 6.92 Å². The summed E-state index contributed by atoms with van der Waals surface area (Å²) < 4.78 is 0. The van der Waals surface area contributed by atoms with Crippen LogP contribution in [0.3, 0.4) is 0 Å². The van der Waals surface area contributed by atoms with Crippen molar-refractivity contribution in [2.45, 2.75) is 38.8 Å². The van der Waals surface area contributed by atoms with Crippen LogP contribution in [-0.4, -0.2) is 35.6 Å². The molecule has 1 aromatic heterocycles. The van der Waals surface area contributed by atoms with Gasteiger partial charge in [-0.2, -0.15) is 0 Å². The van der Waals surface area contributed by atoms with E-state index in [0.717, 1.165) is 25.7 Å². The highest BCUT2D eigenvalue weighted by molar-refractivity contribution is 7.09. The number of hydrogen-bond donors (Lipinski definition) is 1. The Morgan fingerprint density at radius 1 is 1.62 bits per heavy atom. The van der Waals surface area contributed by atoms with E-state index < -0.39 is 0 Å². The van der Waals surface area contributed by atoms with Crippen LogP contribution in [0.2, 0.25) is 0 Å². The van der Waals surface area contributed by atoms with Gasteiger partial charge in [0.2, 0.25) is 0 Å². The molecule has 0 spiro atoms. The fraction of sp³-hybridized carbons (Fsp3) is 0.750. The first-order valence-corrected chi connectivity index (χ1v) is 7.10. The van der Waals surface area contributed by atoms with Crippen LogP contribution in [0.25, 0.3) is 0 Å². The summed E-state index contributed by atoms with van der Waals surface area (Å²) in [5, 5.41) is 3.53. The molecule has 90 valence electrons. The summed E-state index contributed by atoms with van der Waals surface area (Å²) in [6, 6.07) is 0.730. The summed E-state index contributed by atoms with van der Waals surface area (Å²) in [4.78, 5) is 8.13. The first-order chi connectivity index (χ1) is 7.90. The number of rotatable bonds is 6. The third-order valence-electron chi connectivity index (χ3n) is 3.15. The van der Waals surface area contributed by atoms with E-state index in [0.29, 0.717) is 0 Å². The van der Waals surface area contributed by atoms with E-state index in [1.807, 2.05) is 11.7 Å². The van der Waals surface area contributed by atoms with Crippen LogP contribution in [0.15, 0.2) is 11.7 Å². The normalized spacial score (nSPS) is 21.7. The molecule has 0 saturated carbocycles. The van der Waals surface area contributed by atoms with Crippen LogP contribution in [0.4, 0.5) is 0 Å². The number of nitrogens with zero attached hydrogens (tertiary/aromatic N) is 2. The highest BCUT2D eigenvalue weighted by Crippen LogP contribution is 2.20. The van der Waals surface area contributed by atoms with Crippen LogP contribution in [0, 0.1) is 0 Å². The van der Waals surface area contributed by atoms with Gasteiger partial charge in [0.25, 0.3) is 0 Å². The second kappa shape index (κ2) is 6.33. The number of likely N-dealkylation sites (tertiary alicyclic amines) is 1. The van der Waals surface area contributed by atoms with E-state index >= 15 is 0 Å². The Kier molecular flexibility index (Phi) is 4.75. The minimum atomic E-state index is 0.730. The average molecular weight is 239 g/mol. The first-order valence-electron chi connectivity index (χ1n) is 6.22. The summed E-state index contributed by atoms with van der Waals surface area (Å²) in [6.07, 6.45) is 5.91. The maximum Gasteiger partial charge on any atom is 0.0794 e. The smallest absolute Gasteiger partial charge is 0.0794 e. The molecule has 1 N–H and O–H groups in total. The standard InChI is InChI=1S/C12H21N3S/c1-2-5-13-7-11-4-3-6-15(11)9-12-8-14-10-16-12/h8,10-11,13H,2-7,9H2,1H3. The SMILES string of the molecule is CCCNCC1CCCN1Cc1cncs1. The predicted molar refractivity (Wildman–Crippen MR) is 68.7 cm³/mol. The van der Waals surface area contributed by atoms with Crippen molar-refractivity contribution in [3.63, 3.8) is 0 Å². The Bertz CT molecular complexity index is 286. The zero-order valence-electron chi connectivity index (χ0n) is 9.98. The predicted octanol–water partition coefficient (Wildman–Crippen LogP) is 2.11. The summed E-state index contributed by atoms with van der Waals surface area (Å²) in [6.45, 7) is 6.84. The van der Waals surface area contributed by atoms with Crippen LogP contribution in [-0.2, 0) is 6.54 Å². The molecular weight excluding hydrogens is 218 g/mol. The van der Waals surface area contributed by atoms with Crippen molar-refractivity contribution in [2.75, 3.05) is 19.6 Å². The van der Waals surface area contributed by atoms with Crippen molar-refractivity contribution in [1.82, 2.24) is 15.2 Å². The quantitative estimate of drug-likeness (QED) is 0.771. The first kappa shape index (κ1) is 12.0. The molecule has 0 aromatic carbocycles. The molecular formula is C12H21N3S. The second-order valence-electron chi connectivity index (χ2n) is 4.44. The zero-order valence-corrected chi connectivity index (χ0v) is 10.8. The van der Waals surface area contributed by atoms with Gasteiger partial charge in [-0.3, -0.25) is 9.88 Å². The molecule has 1 aromatic rings. The van der Waals surface area contributed by atoms with Gasteiger partial charge >= 0.3 is 0 Å². The maximum atomic E-state index is 4.14.